The van der Waals surface area contributed by atoms with Gasteiger partial charge in [0.05, 0.1) is 0 Å². The Kier molecular flexibility index (Phi) is 3.41. The summed E-state index contributed by atoms with van der Waals surface area (Å²) in [5.41, 5.74) is 2.71. The lowest BCUT2D eigenvalue weighted by atomic mass is 10.3. The van der Waals surface area contributed by atoms with Crippen LogP contribution in [0.3, 0.4) is 0 Å². The van der Waals surface area contributed by atoms with Gasteiger partial charge in [-0.3, -0.25) is 15.0 Å². The van der Waals surface area contributed by atoms with Crippen LogP contribution in [0.1, 0.15) is 5.56 Å². The predicted octanol–water partition coefficient (Wildman–Crippen LogP) is -0.646. The minimum absolute atomic E-state index is 0.343. The zero-order chi connectivity index (χ0) is 9.68. The Bertz CT molecular complexity index is 297. The lowest BCUT2D eigenvalue weighted by molar-refractivity contribution is -0.139. The summed E-state index contributed by atoms with van der Waals surface area (Å²) in [6.07, 6.45) is 0. The fraction of sp³-hybridized carbons (Fsp3) is 0.143. The van der Waals surface area contributed by atoms with Gasteiger partial charge in [0.2, 0.25) is 0 Å². The van der Waals surface area contributed by atoms with Crippen LogP contribution in [0.25, 0.3) is 0 Å². The van der Waals surface area contributed by atoms with Crippen molar-refractivity contribution >= 4 is 23.2 Å². The topological polar surface area (TPSA) is 84.2 Å². The zero-order valence-corrected chi connectivity index (χ0v) is 7.56. The van der Waals surface area contributed by atoms with Crippen molar-refractivity contribution in [2.45, 2.75) is 6.54 Å². The fourth-order valence-electron chi connectivity index (χ4n) is 0.721. The summed E-state index contributed by atoms with van der Waals surface area (Å²) in [6.45, 7) is 0.343. The third kappa shape index (κ3) is 2.85. The maximum Gasteiger partial charge on any atom is 0.323 e. The van der Waals surface area contributed by atoms with Crippen LogP contribution in [-0.2, 0) is 16.1 Å². The molecule has 0 bridgehead atoms. The molecule has 13 heavy (non-hydrogen) atoms. The summed E-state index contributed by atoms with van der Waals surface area (Å²) in [6, 6.07) is 1.87. The first kappa shape index (κ1) is 9.69. The Labute approximate surface area is 78.9 Å². The lowest BCUT2D eigenvalue weighted by Crippen LogP contribution is -2.42. The Hall–Kier alpha value is -1.40. The molecule has 0 saturated heterocycles. The molecular formula is C7H9N3O2S. The van der Waals surface area contributed by atoms with E-state index in [4.69, 9.17) is 5.84 Å². The van der Waals surface area contributed by atoms with E-state index in [1.165, 1.54) is 11.3 Å². The number of hydrogen-bond donors (Lipinski definition) is 3. The molecule has 4 N–H and O–H groups in total. The number of thiophene rings is 1. The minimum Gasteiger partial charge on any atom is -0.344 e. The highest BCUT2D eigenvalue weighted by atomic mass is 32.1. The number of rotatable bonds is 2. The van der Waals surface area contributed by atoms with E-state index in [-0.39, 0.29) is 0 Å². The number of nitrogens with one attached hydrogen (secondary N) is 2. The van der Waals surface area contributed by atoms with Crippen molar-refractivity contribution in [3.63, 3.8) is 0 Å². The molecular weight excluding hydrogens is 190 g/mol. The van der Waals surface area contributed by atoms with E-state index >= 15 is 0 Å². The molecule has 1 aromatic rings. The summed E-state index contributed by atoms with van der Waals surface area (Å²) >= 11 is 1.53. The van der Waals surface area contributed by atoms with Gasteiger partial charge in [0, 0.05) is 6.54 Å². The summed E-state index contributed by atoms with van der Waals surface area (Å²) in [5, 5.41) is 6.19. The van der Waals surface area contributed by atoms with Gasteiger partial charge in [-0.05, 0) is 22.4 Å². The first-order valence-electron chi connectivity index (χ1n) is 3.54. The van der Waals surface area contributed by atoms with Gasteiger partial charge in [-0.2, -0.15) is 11.3 Å². The highest BCUT2D eigenvalue weighted by Crippen LogP contribution is 2.04. The van der Waals surface area contributed by atoms with Crippen LogP contribution < -0.4 is 16.6 Å². The van der Waals surface area contributed by atoms with E-state index in [1.54, 1.807) is 5.43 Å². The van der Waals surface area contributed by atoms with Crippen LogP contribution in [0, 0.1) is 0 Å². The van der Waals surface area contributed by atoms with Gasteiger partial charge in [0.15, 0.2) is 0 Å². The first-order valence-corrected chi connectivity index (χ1v) is 4.48. The molecule has 0 aliphatic carbocycles. The Balaban J connectivity index is 2.35. The van der Waals surface area contributed by atoms with Gasteiger partial charge >= 0.3 is 11.8 Å². The molecule has 1 heterocycles. The molecule has 0 aliphatic rings. The average Bonchev–Trinajstić information content (AvgIpc) is 2.65. The monoisotopic (exact) mass is 199 g/mol. The van der Waals surface area contributed by atoms with E-state index in [2.05, 4.69) is 5.32 Å². The van der Waals surface area contributed by atoms with Gasteiger partial charge in [-0.1, -0.05) is 0 Å². The number of carbonyl (C=O) groups is 2. The van der Waals surface area contributed by atoms with Crippen LogP contribution in [-0.4, -0.2) is 11.8 Å². The van der Waals surface area contributed by atoms with Crippen LogP contribution in [0.4, 0.5) is 0 Å². The summed E-state index contributed by atoms with van der Waals surface area (Å²) in [4.78, 5) is 21.5. The molecule has 1 rings (SSSR count). The third-order valence-electron chi connectivity index (χ3n) is 1.37. The Morgan fingerprint density at radius 1 is 1.46 bits per heavy atom. The molecule has 2 amide bonds. The molecule has 0 spiro atoms. The molecule has 0 aromatic carbocycles. The van der Waals surface area contributed by atoms with E-state index in [0.29, 0.717) is 6.54 Å². The number of amides is 2. The van der Waals surface area contributed by atoms with Crippen molar-refractivity contribution in [1.29, 1.82) is 0 Å². The standard InChI is InChI=1S/C7H9N3O2S/c8-10-7(12)6(11)9-3-5-1-2-13-4-5/h1-2,4H,3,8H2,(H,9,11)(H,10,12). The highest BCUT2D eigenvalue weighted by molar-refractivity contribution is 7.07. The molecule has 0 fully saturated rings. The largest absolute Gasteiger partial charge is 0.344 e. The van der Waals surface area contributed by atoms with Crippen LogP contribution in [0.5, 0.6) is 0 Å². The molecule has 70 valence electrons. The van der Waals surface area contributed by atoms with E-state index in [1.807, 2.05) is 16.8 Å². The molecule has 0 atom stereocenters. The fourth-order valence-corrected chi connectivity index (χ4v) is 1.39. The van der Waals surface area contributed by atoms with Crippen molar-refractivity contribution in [3.8, 4) is 0 Å². The maximum atomic E-state index is 10.9. The van der Waals surface area contributed by atoms with E-state index in [9.17, 15) is 9.59 Å². The van der Waals surface area contributed by atoms with Crippen molar-refractivity contribution in [3.05, 3.63) is 22.4 Å². The molecule has 0 saturated carbocycles. The Morgan fingerprint density at radius 3 is 2.77 bits per heavy atom. The SMILES string of the molecule is NNC(=O)C(=O)NCc1ccsc1. The van der Waals surface area contributed by atoms with E-state index in [0.717, 1.165) is 5.56 Å². The number of nitrogens with two attached hydrogens (primary N) is 1. The molecule has 0 unspecified atom stereocenters. The van der Waals surface area contributed by atoms with Gasteiger partial charge in [0.25, 0.3) is 0 Å². The second kappa shape index (κ2) is 4.58. The number of hydrogen-bond acceptors (Lipinski definition) is 4. The van der Waals surface area contributed by atoms with Crippen molar-refractivity contribution < 1.29 is 9.59 Å². The van der Waals surface area contributed by atoms with Gasteiger partial charge in [-0.25, -0.2) is 5.84 Å². The highest BCUT2D eigenvalue weighted by Gasteiger charge is 2.10. The summed E-state index contributed by atoms with van der Waals surface area (Å²) < 4.78 is 0. The third-order valence-corrected chi connectivity index (χ3v) is 2.10. The zero-order valence-electron chi connectivity index (χ0n) is 6.74. The van der Waals surface area contributed by atoms with E-state index < -0.39 is 11.8 Å². The summed E-state index contributed by atoms with van der Waals surface area (Å²) in [5.74, 6) is 3.20. The van der Waals surface area contributed by atoms with Gasteiger partial charge < -0.3 is 5.32 Å². The second-order valence-electron chi connectivity index (χ2n) is 2.29. The van der Waals surface area contributed by atoms with Crippen molar-refractivity contribution in [1.82, 2.24) is 10.7 Å². The quantitative estimate of drug-likeness (QED) is 0.256. The van der Waals surface area contributed by atoms with Crippen LogP contribution >= 0.6 is 11.3 Å². The molecule has 6 heteroatoms. The van der Waals surface area contributed by atoms with Crippen LogP contribution in [0.2, 0.25) is 0 Å². The van der Waals surface area contributed by atoms with Crippen molar-refractivity contribution in [2.24, 2.45) is 5.84 Å². The maximum absolute atomic E-state index is 10.9. The Morgan fingerprint density at radius 2 is 2.23 bits per heavy atom. The minimum atomic E-state index is -0.838. The predicted molar refractivity (Wildman–Crippen MR) is 48.5 cm³/mol. The normalized spacial score (nSPS) is 9.31. The summed E-state index contributed by atoms with van der Waals surface area (Å²) in [7, 11) is 0. The van der Waals surface area contributed by atoms with Gasteiger partial charge in [0.1, 0.15) is 0 Å². The molecule has 5 nitrogen and oxygen atoms in total. The molecule has 0 radical (unpaired) electrons. The molecule has 0 aliphatic heterocycles. The molecule has 1 aromatic heterocycles. The number of hydrazine groups is 1. The van der Waals surface area contributed by atoms with Crippen LogP contribution in [0.15, 0.2) is 16.8 Å². The average molecular weight is 199 g/mol. The second-order valence-corrected chi connectivity index (χ2v) is 3.07. The lowest BCUT2D eigenvalue weighted by Gasteiger charge is -2.00. The van der Waals surface area contributed by atoms with Crippen molar-refractivity contribution in [2.75, 3.05) is 0 Å². The van der Waals surface area contributed by atoms with Gasteiger partial charge in [-0.15, -0.1) is 0 Å². The first-order chi connectivity index (χ1) is 6.24. The smallest absolute Gasteiger partial charge is 0.323 e. The number of carbonyl (C=O) groups excluding carboxylic acids is 2.